The van der Waals surface area contributed by atoms with Crippen LogP contribution in [0.4, 0.5) is 0 Å². The summed E-state index contributed by atoms with van der Waals surface area (Å²) in [5.41, 5.74) is 6.59. The Hall–Kier alpha value is 0.660. The highest BCUT2D eigenvalue weighted by Gasteiger charge is 2.41. The molecule has 2 saturated carbocycles. The van der Waals surface area contributed by atoms with Gasteiger partial charge in [-0.15, -0.1) is 0 Å². The van der Waals surface area contributed by atoms with Gasteiger partial charge in [-0.1, -0.05) is 13.3 Å². The van der Waals surface area contributed by atoms with Crippen molar-refractivity contribution in [2.24, 2.45) is 23.5 Å². The van der Waals surface area contributed by atoms with Gasteiger partial charge in [-0.05, 0) is 49.9 Å². The third-order valence-electron chi connectivity index (χ3n) is 5.38. The van der Waals surface area contributed by atoms with Crippen molar-refractivity contribution in [1.82, 2.24) is 0 Å². The summed E-state index contributed by atoms with van der Waals surface area (Å²) < 4.78 is 0. The predicted octanol–water partition coefficient (Wildman–Crippen LogP) is 3.77. The molecule has 1 nitrogen and oxygen atoms in total. The summed E-state index contributed by atoms with van der Waals surface area (Å²) in [7, 11) is 0. The largest absolute Gasteiger partial charge is 0.327 e. The molecule has 3 fully saturated rings. The normalized spacial score (nSPS) is 45.3. The molecule has 0 radical (unpaired) electrons. The predicted molar refractivity (Wildman–Crippen MR) is 84.3 cm³/mol. The summed E-state index contributed by atoms with van der Waals surface area (Å²) in [6.07, 6.45) is 8.66. The third-order valence-corrected chi connectivity index (χ3v) is 8.80. The summed E-state index contributed by atoms with van der Waals surface area (Å²) >= 11 is 4.33. The summed E-state index contributed by atoms with van der Waals surface area (Å²) in [5.74, 6) is 5.74. The molecule has 0 spiro atoms. The molecule has 0 aromatic rings. The van der Waals surface area contributed by atoms with Gasteiger partial charge < -0.3 is 5.73 Å². The van der Waals surface area contributed by atoms with Crippen LogP contribution in [0.15, 0.2) is 0 Å². The maximum absolute atomic E-state index is 6.59. The summed E-state index contributed by atoms with van der Waals surface area (Å²) in [4.78, 5) is 0. The Labute approximate surface area is 120 Å². The number of hydrogen-bond acceptors (Lipinski definition) is 3. The number of hydrogen-bond donors (Lipinski definition) is 1. The highest BCUT2D eigenvalue weighted by molar-refractivity contribution is 8.07. The van der Waals surface area contributed by atoms with E-state index in [0.29, 0.717) is 6.04 Å². The smallest absolute Gasteiger partial charge is 0.0318 e. The van der Waals surface area contributed by atoms with Gasteiger partial charge in [0.05, 0.1) is 0 Å². The first kappa shape index (κ1) is 13.6. The second kappa shape index (κ2) is 5.97. The summed E-state index contributed by atoms with van der Waals surface area (Å²) in [6.45, 7) is 2.33. The van der Waals surface area contributed by atoms with Crippen LogP contribution >= 0.6 is 23.5 Å². The molecule has 1 aliphatic heterocycles. The van der Waals surface area contributed by atoms with Crippen LogP contribution in [0.2, 0.25) is 0 Å². The van der Waals surface area contributed by atoms with Crippen LogP contribution in [-0.2, 0) is 0 Å². The lowest BCUT2D eigenvalue weighted by atomic mass is 9.83. The van der Waals surface area contributed by atoms with Crippen LogP contribution in [0.5, 0.6) is 0 Å². The Morgan fingerprint density at radius 3 is 2.67 bits per heavy atom. The fraction of sp³-hybridized carbons (Fsp3) is 1.00. The Morgan fingerprint density at radius 2 is 2.00 bits per heavy atom. The van der Waals surface area contributed by atoms with E-state index in [1.54, 1.807) is 0 Å². The molecular weight excluding hydrogens is 258 g/mol. The van der Waals surface area contributed by atoms with Crippen LogP contribution in [0, 0.1) is 17.8 Å². The van der Waals surface area contributed by atoms with E-state index in [0.717, 1.165) is 28.3 Å². The Kier molecular flexibility index (Phi) is 4.52. The zero-order valence-corrected chi connectivity index (χ0v) is 13.1. The van der Waals surface area contributed by atoms with Crippen molar-refractivity contribution in [2.45, 2.75) is 62.0 Å². The van der Waals surface area contributed by atoms with Gasteiger partial charge >= 0.3 is 0 Å². The van der Waals surface area contributed by atoms with Gasteiger partial charge in [0.2, 0.25) is 0 Å². The standard InChI is InChI=1S/C15H27NS2/c1-2-14-15(18-6-5-17-14)13(16)9-12-8-10-3-4-11(12)7-10/h10-15H,2-9,16H2,1H3. The first-order chi connectivity index (χ1) is 8.78. The maximum Gasteiger partial charge on any atom is 0.0318 e. The highest BCUT2D eigenvalue weighted by Crippen LogP contribution is 2.50. The van der Waals surface area contributed by atoms with Gasteiger partial charge in [-0.25, -0.2) is 0 Å². The summed E-state index contributed by atoms with van der Waals surface area (Å²) in [6, 6.07) is 0.456. The van der Waals surface area contributed by atoms with E-state index in [4.69, 9.17) is 5.73 Å². The molecule has 0 amide bonds. The van der Waals surface area contributed by atoms with E-state index in [1.807, 2.05) is 0 Å². The van der Waals surface area contributed by atoms with Gasteiger partial charge in [0.1, 0.15) is 0 Å². The third kappa shape index (κ3) is 2.73. The first-order valence-corrected chi connectivity index (χ1v) is 9.86. The SMILES string of the molecule is CCC1SCCSC1C(N)CC1CC2CCC1C2. The Morgan fingerprint density at radius 1 is 1.17 bits per heavy atom. The number of rotatable bonds is 4. The van der Waals surface area contributed by atoms with Crippen molar-refractivity contribution >= 4 is 23.5 Å². The van der Waals surface area contributed by atoms with E-state index < -0.39 is 0 Å². The van der Waals surface area contributed by atoms with Gasteiger partial charge in [0.25, 0.3) is 0 Å². The van der Waals surface area contributed by atoms with Crippen LogP contribution in [-0.4, -0.2) is 28.0 Å². The average molecular weight is 286 g/mol. The minimum Gasteiger partial charge on any atom is -0.327 e. The number of thioether (sulfide) groups is 2. The molecule has 2 aliphatic carbocycles. The lowest BCUT2D eigenvalue weighted by Crippen LogP contribution is -2.43. The molecule has 0 aromatic heterocycles. The zero-order valence-electron chi connectivity index (χ0n) is 11.5. The van der Waals surface area contributed by atoms with Gasteiger partial charge in [0.15, 0.2) is 0 Å². The molecule has 3 rings (SSSR count). The average Bonchev–Trinajstić information content (AvgIpc) is 3.01. The topological polar surface area (TPSA) is 26.0 Å². The van der Waals surface area contributed by atoms with Gasteiger partial charge in [-0.3, -0.25) is 0 Å². The molecule has 0 aromatic carbocycles. The molecule has 1 heterocycles. The second-order valence-corrected chi connectivity index (χ2v) is 9.12. The molecule has 3 heteroatoms. The second-order valence-electron chi connectivity index (χ2n) is 6.49. The molecule has 1 saturated heterocycles. The van der Waals surface area contributed by atoms with E-state index in [1.165, 1.54) is 50.0 Å². The maximum atomic E-state index is 6.59. The van der Waals surface area contributed by atoms with Crippen molar-refractivity contribution in [2.75, 3.05) is 11.5 Å². The highest BCUT2D eigenvalue weighted by atomic mass is 32.2. The molecule has 6 atom stereocenters. The molecule has 3 aliphatic rings. The molecule has 2 bridgehead atoms. The zero-order chi connectivity index (χ0) is 12.5. The van der Waals surface area contributed by atoms with Crippen molar-refractivity contribution < 1.29 is 0 Å². The van der Waals surface area contributed by atoms with Gasteiger partial charge in [0, 0.05) is 28.0 Å². The van der Waals surface area contributed by atoms with E-state index in [9.17, 15) is 0 Å². The number of nitrogens with two attached hydrogens (primary N) is 1. The van der Waals surface area contributed by atoms with Crippen molar-refractivity contribution in [1.29, 1.82) is 0 Å². The van der Waals surface area contributed by atoms with Gasteiger partial charge in [-0.2, -0.15) is 23.5 Å². The van der Waals surface area contributed by atoms with E-state index in [2.05, 4.69) is 30.4 Å². The lowest BCUT2D eigenvalue weighted by Gasteiger charge is -2.36. The van der Waals surface area contributed by atoms with E-state index in [-0.39, 0.29) is 0 Å². The van der Waals surface area contributed by atoms with Crippen LogP contribution in [0.3, 0.4) is 0 Å². The fourth-order valence-corrected chi connectivity index (χ4v) is 7.69. The Bertz CT molecular complexity index is 284. The Balaban J connectivity index is 1.55. The molecule has 2 N–H and O–H groups in total. The monoisotopic (exact) mass is 285 g/mol. The minimum atomic E-state index is 0.456. The van der Waals surface area contributed by atoms with Crippen molar-refractivity contribution in [3.8, 4) is 0 Å². The molecule has 18 heavy (non-hydrogen) atoms. The lowest BCUT2D eigenvalue weighted by molar-refractivity contribution is 0.291. The molecular formula is C15H27NS2. The van der Waals surface area contributed by atoms with Crippen LogP contribution in [0.1, 0.15) is 45.4 Å². The van der Waals surface area contributed by atoms with Crippen LogP contribution in [0.25, 0.3) is 0 Å². The molecule has 6 unspecified atom stereocenters. The first-order valence-electron chi connectivity index (χ1n) is 7.76. The van der Waals surface area contributed by atoms with E-state index >= 15 is 0 Å². The van der Waals surface area contributed by atoms with Crippen molar-refractivity contribution in [3.63, 3.8) is 0 Å². The quantitative estimate of drug-likeness (QED) is 0.851. The number of fused-ring (bicyclic) bond motifs is 2. The molecule has 104 valence electrons. The van der Waals surface area contributed by atoms with Crippen LogP contribution < -0.4 is 5.73 Å². The van der Waals surface area contributed by atoms with Crippen molar-refractivity contribution in [3.05, 3.63) is 0 Å². The fourth-order valence-electron chi connectivity index (χ4n) is 4.48. The summed E-state index contributed by atoms with van der Waals surface area (Å²) in [5, 5.41) is 1.55. The minimum absolute atomic E-state index is 0.456.